The van der Waals surface area contributed by atoms with E-state index in [0.29, 0.717) is 16.2 Å². The first-order chi connectivity index (χ1) is 12.8. The SMILES string of the molecule is CC(C)(C)C1=CC=CC1.CC(C)(C)C1=CC=CC1.CC(C)(C)c1ccccc1. The molecule has 1 aromatic carbocycles. The second-order valence-corrected chi connectivity index (χ2v) is 10.8. The zero-order chi connectivity index (χ0) is 21.4. The molecule has 28 heavy (non-hydrogen) atoms. The molecule has 0 nitrogen and oxygen atoms in total. The molecule has 0 saturated heterocycles. The van der Waals surface area contributed by atoms with Gasteiger partial charge < -0.3 is 0 Å². The van der Waals surface area contributed by atoms with Crippen LogP contribution >= 0.6 is 0 Å². The van der Waals surface area contributed by atoms with Crippen molar-refractivity contribution in [3.05, 3.63) is 83.5 Å². The predicted molar refractivity (Wildman–Crippen MR) is 128 cm³/mol. The van der Waals surface area contributed by atoms with Crippen LogP contribution in [0, 0.1) is 10.8 Å². The van der Waals surface area contributed by atoms with Crippen LogP contribution in [-0.2, 0) is 5.41 Å². The van der Waals surface area contributed by atoms with Crippen LogP contribution < -0.4 is 0 Å². The molecule has 2 aliphatic rings. The van der Waals surface area contributed by atoms with Crippen molar-refractivity contribution >= 4 is 0 Å². The second-order valence-electron chi connectivity index (χ2n) is 10.8. The molecule has 0 aliphatic heterocycles. The third kappa shape index (κ3) is 8.91. The van der Waals surface area contributed by atoms with Gasteiger partial charge in [-0.15, -0.1) is 0 Å². The molecule has 0 atom stereocenters. The minimum Gasteiger partial charge on any atom is -0.0804 e. The molecule has 0 bridgehead atoms. The average molecular weight is 379 g/mol. The second kappa shape index (κ2) is 10.1. The van der Waals surface area contributed by atoms with Crippen LogP contribution in [0.5, 0.6) is 0 Å². The third-order valence-corrected chi connectivity index (χ3v) is 5.11. The van der Waals surface area contributed by atoms with Gasteiger partial charge in [0.2, 0.25) is 0 Å². The smallest absolute Gasteiger partial charge is 0.0127 e. The number of hydrogen-bond donors (Lipinski definition) is 0. The molecule has 154 valence electrons. The predicted octanol–water partition coefficient (Wildman–Crippen LogP) is 8.82. The molecular weight excluding hydrogens is 336 g/mol. The summed E-state index contributed by atoms with van der Waals surface area (Å²) in [6.45, 7) is 20.2. The average Bonchev–Trinajstić information content (AvgIpc) is 3.29. The van der Waals surface area contributed by atoms with Gasteiger partial charge in [0.15, 0.2) is 0 Å². The lowest BCUT2D eigenvalue weighted by Gasteiger charge is -2.19. The molecule has 0 spiro atoms. The Kier molecular flexibility index (Phi) is 8.74. The van der Waals surface area contributed by atoms with Gasteiger partial charge in [-0.3, -0.25) is 0 Å². The highest BCUT2D eigenvalue weighted by Gasteiger charge is 2.17. The highest BCUT2D eigenvalue weighted by molar-refractivity contribution is 5.27. The fraction of sp³-hybridized carbons (Fsp3) is 0.500. The number of allylic oxidation sites excluding steroid dienone is 8. The van der Waals surface area contributed by atoms with E-state index < -0.39 is 0 Å². The summed E-state index contributed by atoms with van der Waals surface area (Å²) in [5, 5.41) is 0. The van der Waals surface area contributed by atoms with Gasteiger partial charge in [-0.25, -0.2) is 0 Å². The maximum atomic E-state index is 2.26. The molecule has 3 rings (SSSR count). The van der Waals surface area contributed by atoms with E-state index in [1.165, 1.54) is 5.56 Å². The topological polar surface area (TPSA) is 0 Å². The molecule has 1 aromatic rings. The summed E-state index contributed by atoms with van der Waals surface area (Å²) in [6, 6.07) is 10.6. The lowest BCUT2D eigenvalue weighted by atomic mass is 9.86. The van der Waals surface area contributed by atoms with Crippen molar-refractivity contribution in [3.8, 4) is 0 Å². The lowest BCUT2D eigenvalue weighted by Crippen LogP contribution is -2.10. The van der Waals surface area contributed by atoms with E-state index in [1.54, 1.807) is 11.1 Å². The molecule has 0 amide bonds. The van der Waals surface area contributed by atoms with E-state index >= 15 is 0 Å². The van der Waals surface area contributed by atoms with Crippen molar-refractivity contribution in [2.24, 2.45) is 10.8 Å². The molecule has 0 aromatic heterocycles. The first kappa shape index (κ1) is 24.2. The van der Waals surface area contributed by atoms with E-state index in [0.717, 1.165) is 12.8 Å². The van der Waals surface area contributed by atoms with Crippen LogP contribution in [0.2, 0.25) is 0 Å². The molecule has 0 heteroatoms. The minimum atomic E-state index is 0.293. The zero-order valence-electron chi connectivity index (χ0n) is 19.8. The van der Waals surface area contributed by atoms with E-state index in [4.69, 9.17) is 0 Å². The zero-order valence-corrected chi connectivity index (χ0v) is 19.8. The summed E-state index contributed by atoms with van der Waals surface area (Å²) in [5.74, 6) is 0. The maximum absolute atomic E-state index is 2.26. The Morgan fingerprint density at radius 3 is 1.11 bits per heavy atom. The van der Waals surface area contributed by atoms with Gasteiger partial charge in [-0.2, -0.15) is 0 Å². The molecule has 0 N–H and O–H groups in total. The van der Waals surface area contributed by atoms with Crippen molar-refractivity contribution in [1.29, 1.82) is 0 Å². The van der Waals surface area contributed by atoms with E-state index in [-0.39, 0.29) is 0 Å². The Morgan fingerprint density at radius 1 is 0.536 bits per heavy atom. The van der Waals surface area contributed by atoms with Crippen molar-refractivity contribution in [1.82, 2.24) is 0 Å². The van der Waals surface area contributed by atoms with E-state index in [1.807, 2.05) is 0 Å². The monoisotopic (exact) mass is 378 g/mol. The first-order valence-corrected chi connectivity index (χ1v) is 10.6. The number of hydrogen-bond acceptors (Lipinski definition) is 0. The van der Waals surface area contributed by atoms with Gasteiger partial charge >= 0.3 is 0 Å². The molecule has 2 aliphatic carbocycles. The molecule has 0 saturated carbocycles. The fourth-order valence-electron chi connectivity index (χ4n) is 2.95. The van der Waals surface area contributed by atoms with Crippen molar-refractivity contribution in [2.45, 2.75) is 80.6 Å². The molecule has 0 unspecified atom stereocenters. The van der Waals surface area contributed by atoms with Crippen LogP contribution in [0.25, 0.3) is 0 Å². The van der Waals surface area contributed by atoms with Crippen molar-refractivity contribution < 1.29 is 0 Å². The number of rotatable bonds is 0. The maximum Gasteiger partial charge on any atom is -0.0127 e. The molecule has 0 fully saturated rings. The van der Waals surface area contributed by atoms with Crippen LogP contribution in [0.15, 0.2) is 77.9 Å². The first-order valence-electron chi connectivity index (χ1n) is 10.6. The minimum absolute atomic E-state index is 0.293. The van der Waals surface area contributed by atoms with Crippen LogP contribution in [0.3, 0.4) is 0 Å². The largest absolute Gasteiger partial charge is 0.0804 e. The summed E-state index contributed by atoms with van der Waals surface area (Å²) in [6.07, 6.45) is 15.5. The summed E-state index contributed by atoms with van der Waals surface area (Å²) in [5.41, 5.74) is 5.54. The van der Waals surface area contributed by atoms with Crippen molar-refractivity contribution in [2.75, 3.05) is 0 Å². The van der Waals surface area contributed by atoms with Gasteiger partial charge in [0.1, 0.15) is 0 Å². The van der Waals surface area contributed by atoms with Gasteiger partial charge in [-0.1, -0.05) is 140 Å². The highest BCUT2D eigenvalue weighted by Crippen LogP contribution is 2.31. The Hall–Kier alpha value is -1.82. The van der Waals surface area contributed by atoms with E-state index in [2.05, 4.69) is 129 Å². The fourth-order valence-corrected chi connectivity index (χ4v) is 2.95. The Bertz CT molecular complexity index is 662. The summed E-state index contributed by atoms with van der Waals surface area (Å²) in [7, 11) is 0. The Balaban J connectivity index is 0.000000210. The van der Waals surface area contributed by atoms with E-state index in [9.17, 15) is 0 Å². The molecule has 0 radical (unpaired) electrons. The normalized spacial score (nSPS) is 15.9. The Morgan fingerprint density at radius 2 is 0.929 bits per heavy atom. The lowest BCUT2D eigenvalue weighted by molar-refractivity contribution is 0.496. The van der Waals surface area contributed by atoms with Crippen molar-refractivity contribution in [3.63, 3.8) is 0 Å². The highest BCUT2D eigenvalue weighted by atomic mass is 14.2. The molecule has 0 heterocycles. The quantitative estimate of drug-likeness (QED) is 0.423. The summed E-state index contributed by atoms with van der Waals surface area (Å²) in [4.78, 5) is 0. The van der Waals surface area contributed by atoms with Crippen LogP contribution in [-0.4, -0.2) is 0 Å². The standard InChI is InChI=1S/C10H14.2C9H14/c1-10(2,3)9-7-5-4-6-8-9;2*1-9(2,3)8-6-4-5-7-8/h4-8H,1-3H3;2*4-6H,7H2,1-3H3. The van der Waals surface area contributed by atoms with Gasteiger partial charge in [0.25, 0.3) is 0 Å². The summed E-state index contributed by atoms with van der Waals surface area (Å²) < 4.78 is 0. The van der Waals surface area contributed by atoms with Crippen LogP contribution in [0.4, 0.5) is 0 Å². The molecular formula is C28H42. The third-order valence-electron chi connectivity index (χ3n) is 5.11. The van der Waals surface area contributed by atoms with Gasteiger partial charge in [0, 0.05) is 0 Å². The van der Waals surface area contributed by atoms with Gasteiger partial charge in [-0.05, 0) is 34.7 Å². The van der Waals surface area contributed by atoms with Gasteiger partial charge in [0.05, 0.1) is 0 Å². The number of benzene rings is 1. The Labute approximate surface area is 175 Å². The summed E-state index contributed by atoms with van der Waals surface area (Å²) >= 11 is 0. The van der Waals surface area contributed by atoms with Crippen LogP contribution in [0.1, 0.15) is 80.7 Å².